The minimum atomic E-state index is -0.478. The van der Waals surface area contributed by atoms with E-state index >= 15 is 0 Å². The minimum absolute atomic E-state index is 0.245. The summed E-state index contributed by atoms with van der Waals surface area (Å²) < 4.78 is 5.44. The molecule has 0 saturated carbocycles. The Hall–Kier alpha value is -2.15. The van der Waals surface area contributed by atoms with Gasteiger partial charge in [0.15, 0.2) is 0 Å². The number of primary amides is 1. The monoisotopic (exact) mass is 346 g/mol. The predicted octanol–water partition coefficient (Wildman–Crippen LogP) is 1.04. The summed E-state index contributed by atoms with van der Waals surface area (Å²) in [5, 5.41) is 0. The van der Waals surface area contributed by atoms with Gasteiger partial charge in [0.2, 0.25) is 5.91 Å². The molecule has 0 aromatic carbocycles. The van der Waals surface area contributed by atoms with Gasteiger partial charge < -0.3 is 20.3 Å². The van der Waals surface area contributed by atoms with Gasteiger partial charge in [0, 0.05) is 45.6 Å². The number of anilines is 1. The van der Waals surface area contributed by atoms with Crippen LogP contribution in [0.3, 0.4) is 0 Å². The van der Waals surface area contributed by atoms with Crippen molar-refractivity contribution >= 4 is 17.6 Å². The van der Waals surface area contributed by atoms with Gasteiger partial charge in [-0.05, 0) is 31.4 Å². The Morgan fingerprint density at radius 2 is 1.92 bits per heavy atom. The van der Waals surface area contributed by atoms with E-state index in [9.17, 15) is 9.59 Å². The molecule has 0 aliphatic carbocycles. The number of piperazine rings is 1. The van der Waals surface area contributed by atoms with Crippen LogP contribution >= 0.6 is 0 Å². The van der Waals surface area contributed by atoms with E-state index in [0.717, 1.165) is 19.3 Å². The summed E-state index contributed by atoms with van der Waals surface area (Å²) in [6.45, 7) is 5.99. The van der Waals surface area contributed by atoms with E-state index in [4.69, 9.17) is 10.5 Å². The zero-order valence-electron chi connectivity index (χ0n) is 14.7. The predicted molar refractivity (Wildman–Crippen MR) is 94.3 cm³/mol. The molecule has 2 saturated heterocycles. The number of rotatable bonds is 4. The lowest BCUT2D eigenvalue weighted by molar-refractivity contribution is -0.148. The molecule has 1 aromatic heterocycles. The molecule has 0 radical (unpaired) electrons. The standard InChI is InChI=1S/C18H26N4O3/c1-2-18(5-12-25-13-6-18)17(24)22-10-8-21(9-11-22)16-14(15(19)23)4-3-7-20-16/h3-4,7H,2,5-6,8-13H2,1H3,(H2,19,23). The van der Waals surface area contributed by atoms with Crippen molar-refractivity contribution in [2.75, 3.05) is 44.3 Å². The van der Waals surface area contributed by atoms with Gasteiger partial charge in [0.1, 0.15) is 5.82 Å². The Kier molecular flexibility index (Phi) is 5.22. The molecule has 2 N–H and O–H groups in total. The SMILES string of the molecule is CCC1(C(=O)N2CCN(c3ncccc3C(N)=O)CC2)CCOCC1. The fourth-order valence-electron chi connectivity index (χ4n) is 3.78. The van der Waals surface area contributed by atoms with Crippen molar-refractivity contribution in [3.05, 3.63) is 23.9 Å². The smallest absolute Gasteiger partial charge is 0.252 e. The summed E-state index contributed by atoms with van der Waals surface area (Å²) in [7, 11) is 0. The average molecular weight is 346 g/mol. The molecule has 0 atom stereocenters. The Bertz CT molecular complexity index is 635. The van der Waals surface area contributed by atoms with Crippen molar-refractivity contribution in [2.24, 2.45) is 11.1 Å². The van der Waals surface area contributed by atoms with E-state index < -0.39 is 5.91 Å². The number of hydrogen-bond donors (Lipinski definition) is 1. The molecule has 2 fully saturated rings. The number of pyridine rings is 1. The largest absolute Gasteiger partial charge is 0.381 e. The van der Waals surface area contributed by atoms with E-state index in [2.05, 4.69) is 11.9 Å². The van der Waals surface area contributed by atoms with E-state index in [0.29, 0.717) is 50.8 Å². The van der Waals surface area contributed by atoms with Crippen LogP contribution in [0.4, 0.5) is 5.82 Å². The van der Waals surface area contributed by atoms with Crippen LogP contribution < -0.4 is 10.6 Å². The molecule has 7 nitrogen and oxygen atoms in total. The fourth-order valence-corrected chi connectivity index (χ4v) is 3.78. The van der Waals surface area contributed by atoms with E-state index in [1.54, 1.807) is 18.3 Å². The molecule has 2 aliphatic heterocycles. The van der Waals surface area contributed by atoms with Crippen molar-refractivity contribution in [3.63, 3.8) is 0 Å². The van der Waals surface area contributed by atoms with E-state index in [-0.39, 0.29) is 11.3 Å². The maximum atomic E-state index is 13.1. The van der Waals surface area contributed by atoms with Gasteiger partial charge in [-0.2, -0.15) is 0 Å². The van der Waals surface area contributed by atoms with Crippen LogP contribution in [0.1, 0.15) is 36.5 Å². The highest BCUT2D eigenvalue weighted by Gasteiger charge is 2.41. The molecule has 0 bridgehead atoms. The molecule has 25 heavy (non-hydrogen) atoms. The van der Waals surface area contributed by atoms with Crippen LogP contribution in [0.2, 0.25) is 0 Å². The number of amides is 2. The summed E-state index contributed by atoms with van der Waals surface area (Å²) in [6.07, 6.45) is 4.11. The van der Waals surface area contributed by atoms with Gasteiger partial charge in [0.25, 0.3) is 5.91 Å². The van der Waals surface area contributed by atoms with Crippen molar-refractivity contribution < 1.29 is 14.3 Å². The fraction of sp³-hybridized carbons (Fsp3) is 0.611. The second-order valence-corrected chi connectivity index (χ2v) is 6.76. The summed E-state index contributed by atoms with van der Waals surface area (Å²) in [5.74, 6) is 0.376. The minimum Gasteiger partial charge on any atom is -0.381 e. The summed E-state index contributed by atoms with van der Waals surface area (Å²) >= 11 is 0. The van der Waals surface area contributed by atoms with Crippen LogP contribution in [0, 0.1) is 5.41 Å². The van der Waals surface area contributed by atoms with Crippen molar-refractivity contribution in [1.82, 2.24) is 9.88 Å². The Morgan fingerprint density at radius 1 is 1.24 bits per heavy atom. The normalized spacial score (nSPS) is 20.4. The summed E-state index contributed by atoms with van der Waals surface area (Å²) in [5.41, 5.74) is 5.60. The van der Waals surface area contributed by atoms with Crippen molar-refractivity contribution in [3.8, 4) is 0 Å². The van der Waals surface area contributed by atoms with Crippen LogP contribution in [0.15, 0.2) is 18.3 Å². The lowest BCUT2D eigenvalue weighted by Crippen LogP contribution is -2.54. The van der Waals surface area contributed by atoms with Gasteiger partial charge in [-0.1, -0.05) is 6.92 Å². The first-order valence-corrected chi connectivity index (χ1v) is 8.94. The molecular formula is C18H26N4O3. The van der Waals surface area contributed by atoms with Crippen LogP contribution in [-0.2, 0) is 9.53 Å². The average Bonchev–Trinajstić information content (AvgIpc) is 2.68. The van der Waals surface area contributed by atoms with Crippen molar-refractivity contribution in [1.29, 1.82) is 0 Å². The Labute approximate surface area is 148 Å². The molecule has 1 aromatic rings. The Morgan fingerprint density at radius 3 is 2.52 bits per heavy atom. The number of carbonyl (C=O) groups is 2. The third kappa shape index (κ3) is 3.46. The lowest BCUT2D eigenvalue weighted by atomic mass is 9.76. The maximum absolute atomic E-state index is 13.1. The third-order valence-corrected chi connectivity index (χ3v) is 5.50. The Balaban J connectivity index is 1.68. The van der Waals surface area contributed by atoms with Gasteiger partial charge in [-0.15, -0.1) is 0 Å². The zero-order valence-corrected chi connectivity index (χ0v) is 14.7. The molecule has 0 spiro atoms. The highest BCUT2D eigenvalue weighted by molar-refractivity contribution is 5.97. The van der Waals surface area contributed by atoms with Crippen LogP contribution in [0.5, 0.6) is 0 Å². The number of carbonyl (C=O) groups excluding carboxylic acids is 2. The first-order chi connectivity index (χ1) is 12.1. The van der Waals surface area contributed by atoms with E-state index in [1.165, 1.54) is 0 Å². The van der Waals surface area contributed by atoms with Gasteiger partial charge in [-0.25, -0.2) is 4.98 Å². The topological polar surface area (TPSA) is 88.8 Å². The molecule has 7 heteroatoms. The van der Waals surface area contributed by atoms with Crippen LogP contribution in [-0.4, -0.2) is 61.1 Å². The number of nitrogens with zero attached hydrogens (tertiary/aromatic N) is 3. The summed E-state index contributed by atoms with van der Waals surface area (Å²) in [6, 6.07) is 3.40. The second-order valence-electron chi connectivity index (χ2n) is 6.76. The van der Waals surface area contributed by atoms with Crippen molar-refractivity contribution in [2.45, 2.75) is 26.2 Å². The van der Waals surface area contributed by atoms with Gasteiger partial charge in [-0.3, -0.25) is 9.59 Å². The van der Waals surface area contributed by atoms with E-state index in [1.807, 2.05) is 9.80 Å². The zero-order chi connectivity index (χ0) is 17.9. The molecule has 2 aliphatic rings. The lowest BCUT2D eigenvalue weighted by Gasteiger charge is -2.42. The highest BCUT2D eigenvalue weighted by atomic mass is 16.5. The quantitative estimate of drug-likeness (QED) is 0.880. The number of ether oxygens (including phenoxy) is 1. The first-order valence-electron chi connectivity index (χ1n) is 8.94. The molecular weight excluding hydrogens is 320 g/mol. The first kappa shape index (κ1) is 17.7. The maximum Gasteiger partial charge on any atom is 0.252 e. The van der Waals surface area contributed by atoms with Gasteiger partial charge >= 0.3 is 0 Å². The second kappa shape index (κ2) is 7.39. The van der Waals surface area contributed by atoms with Gasteiger partial charge in [0.05, 0.1) is 11.0 Å². The van der Waals surface area contributed by atoms with Crippen LogP contribution in [0.25, 0.3) is 0 Å². The highest BCUT2D eigenvalue weighted by Crippen LogP contribution is 2.36. The molecule has 3 rings (SSSR count). The molecule has 0 unspecified atom stereocenters. The molecule has 3 heterocycles. The summed E-state index contributed by atoms with van der Waals surface area (Å²) in [4.78, 5) is 33.0. The number of nitrogens with two attached hydrogens (primary N) is 1. The third-order valence-electron chi connectivity index (χ3n) is 5.50. The molecule has 2 amide bonds. The number of aromatic nitrogens is 1. The molecule has 136 valence electrons. The number of hydrogen-bond acceptors (Lipinski definition) is 5.